The molecule has 0 aromatic rings. The fourth-order valence-electron chi connectivity index (χ4n) is 6.84. The molecular weight excluding hydrogens is 284 g/mol. The van der Waals surface area contributed by atoms with E-state index in [2.05, 4.69) is 27.4 Å². The van der Waals surface area contributed by atoms with Gasteiger partial charge in [0.15, 0.2) is 5.78 Å². The Kier molecular flexibility index (Phi) is 3.12. The van der Waals surface area contributed by atoms with Gasteiger partial charge in [-0.25, -0.2) is 0 Å². The van der Waals surface area contributed by atoms with Gasteiger partial charge < -0.3 is 5.11 Å². The predicted molar refractivity (Wildman–Crippen MR) is 91.9 cm³/mol. The highest BCUT2D eigenvalue weighted by molar-refractivity contribution is 6.05. The molecule has 0 saturated heterocycles. The molecule has 2 heteroatoms. The number of aliphatic hydroxyl groups is 1. The number of rotatable bonds is 0. The van der Waals surface area contributed by atoms with Gasteiger partial charge in [-0.15, -0.1) is 0 Å². The second kappa shape index (κ2) is 4.59. The van der Waals surface area contributed by atoms with Crippen LogP contribution in [0.1, 0.15) is 65.7 Å². The van der Waals surface area contributed by atoms with Gasteiger partial charge in [0, 0.05) is 0 Å². The van der Waals surface area contributed by atoms with Crippen LogP contribution in [0.2, 0.25) is 0 Å². The van der Waals surface area contributed by atoms with Crippen LogP contribution in [-0.2, 0) is 4.79 Å². The van der Waals surface area contributed by atoms with Crippen LogP contribution < -0.4 is 0 Å². The zero-order valence-electron chi connectivity index (χ0n) is 14.8. The zero-order chi connectivity index (χ0) is 16.6. The minimum absolute atomic E-state index is 0.0766. The number of carbonyl (C=O) groups excluding carboxylic acids is 1. The Bertz CT molecular complexity index is 613. The third kappa shape index (κ3) is 1.88. The zero-order valence-corrected chi connectivity index (χ0v) is 14.8. The number of ketones is 1. The summed E-state index contributed by atoms with van der Waals surface area (Å²) in [7, 11) is 0. The van der Waals surface area contributed by atoms with Crippen molar-refractivity contribution < 1.29 is 9.90 Å². The lowest BCUT2D eigenvalue weighted by molar-refractivity contribution is -0.120. The minimum Gasteiger partial charge on any atom is -0.390 e. The highest BCUT2D eigenvalue weighted by Crippen LogP contribution is 2.67. The summed E-state index contributed by atoms with van der Waals surface area (Å²) in [5, 5.41) is 10.9. The summed E-state index contributed by atoms with van der Waals surface area (Å²) in [6.45, 7) is 10.8. The molecule has 4 rings (SSSR count). The lowest BCUT2D eigenvalue weighted by Gasteiger charge is -2.59. The maximum atomic E-state index is 12.1. The monoisotopic (exact) mass is 314 g/mol. The molecule has 23 heavy (non-hydrogen) atoms. The van der Waals surface area contributed by atoms with Crippen LogP contribution in [0.3, 0.4) is 0 Å². The second-order valence-electron chi connectivity index (χ2n) is 9.42. The first-order valence-electron chi connectivity index (χ1n) is 9.35. The fraction of sp³-hybridized carbons (Fsp3) is 0.762. The van der Waals surface area contributed by atoms with E-state index >= 15 is 0 Å². The summed E-state index contributed by atoms with van der Waals surface area (Å²) in [6, 6.07) is 0. The molecule has 6 atom stereocenters. The van der Waals surface area contributed by atoms with E-state index in [1.54, 1.807) is 0 Å². The van der Waals surface area contributed by atoms with Gasteiger partial charge in [-0.05, 0) is 92.1 Å². The van der Waals surface area contributed by atoms with E-state index in [-0.39, 0.29) is 16.6 Å². The van der Waals surface area contributed by atoms with Crippen LogP contribution in [0.5, 0.6) is 0 Å². The number of fused-ring (bicyclic) bond motifs is 5. The Labute approximate surface area is 140 Å². The Morgan fingerprint density at radius 1 is 1.13 bits per heavy atom. The maximum Gasteiger partial charge on any atom is 0.181 e. The van der Waals surface area contributed by atoms with Gasteiger partial charge in [-0.3, -0.25) is 4.79 Å². The first kappa shape index (κ1) is 15.6. The Morgan fingerprint density at radius 3 is 2.57 bits per heavy atom. The molecule has 3 fully saturated rings. The Morgan fingerprint density at radius 2 is 1.83 bits per heavy atom. The lowest BCUT2D eigenvalue weighted by atomic mass is 9.46. The van der Waals surface area contributed by atoms with E-state index in [4.69, 9.17) is 0 Å². The van der Waals surface area contributed by atoms with Crippen molar-refractivity contribution in [2.24, 2.45) is 28.6 Å². The van der Waals surface area contributed by atoms with E-state index in [0.717, 1.165) is 31.3 Å². The molecule has 2 nitrogen and oxygen atoms in total. The summed E-state index contributed by atoms with van der Waals surface area (Å²) in [6.07, 6.45) is 9.42. The number of allylic oxidation sites excluding steroid dienone is 2. The Hall–Kier alpha value is -0.890. The van der Waals surface area contributed by atoms with Crippen molar-refractivity contribution in [2.45, 2.75) is 71.3 Å². The standard InChI is InChI=1S/C21H30O2/c1-13-12-19(2)14(11-18(13)22)5-6-15-16(19)7-9-20(3)17(15)8-10-21(20,4)23/h11,15-17,23H,1,5-10,12H2,2-4H3. The van der Waals surface area contributed by atoms with Gasteiger partial charge in [0.1, 0.15) is 0 Å². The van der Waals surface area contributed by atoms with Crippen LogP contribution in [0.25, 0.3) is 0 Å². The normalized spacial score (nSPS) is 52.5. The Balaban J connectivity index is 1.72. The van der Waals surface area contributed by atoms with Crippen molar-refractivity contribution in [1.29, 1.82) is 0 Å². The third-order valence-corrected chi connectivity index (χ3v) is 8.53. The second-order valence-corrected chi connectivity index (χ2v) is 9.42. The van der Waals surface area contributed by atoms with E-state index < -0.39 is 5.60 Å². The predicted octanol–water partition coefficient (Wildman–Crippen LogP) is 4.44. The van der Waals surface area contributed by atoms with E-state index in [0.29, 0.717) is 17.8 Å². The summed E-state index contributed by atoms with van der Waals surface area (Å²) in [5.74, 6) is 2.14. The van der Waals surface area contributed by atoms with Crippen LogP contribution in [0.15, 0.2) is 23.8 Å². The maximum absolute atomic E-state index is 12.1. The van der Waals surface area contributed by atoms with Gasteiger partial charge in [0.05, 0.1) is 5.60 Å². The van der Waals surface area contributed by atoms with Crippen LogP contribution >= 0.6 is 0 Å². The summed E-state index contributed by atoms with van der Waals surface area (Å²) in [4.78, 5) is 12.1. The van der Waals surface area contributed by atoms with Crippen molar-refractivity contribution in [1.82, 2.24) is 0 Å². The van der Waals surface area contributed by atoms with Gasteiger partial charge in [-0.2, -0.15) is 0 Å². The molecule has 4 aliphatic carbocycles. The summed E-state index contributed by atoms with van der Waals surface area (Å²) in [5.41, 5.74) is 1.87. The highest BCUT2D eigenvalue weighted by Gasteiger charge is 2.62. The molecule has 0 aliphatic heterocycles. The minimum atomic E-state index is -0.508. The molecule has 0 aromatic carbocycles. The van der Waals surface area contributed by atoms with Gasteiger partial charge in [-0.1, -0.05) is 26.0 Å². The van der Waals surface area contributed by atoms with Gasteiger partial charge in [0.25, 0.3) is 0 Å². The third-order valence-electron chi connectivity index (χ3n) is 8.53. The molecule has 1 N–H and O–H groups in total. The SMILES string of the molecule is C=C1CC2(C)C(=CC1=O)CCC1C2CCC2(C)C1CCC2(C)O. The van der Waals surface area contributed by atoms with Crippen molar-refractivity contribution in [3.05, 3.63) is 23.8 Å². The molecule has 6 unspecified atom stereocenters. The topological polar surface area (TPSA) is 37.3 Å². The molecule has 126 valence electrons. The molecular formula is C21H30O2. The average Bonchev–Trinajstić information content (AvgIpc) is 2.71. The van der Waals surface area contributed by atoms with E-state index in [9.17, 15) is 9.90 Å². The molecule has 0 heterocycles. The van der Waals surface area contributed by atoms with Crippen LogP contribution in [0, 0.1) is 28.6 Å². The van der Waals surface area contributed by atoms with Gasteiger partial charge >= 0.3 is 0 Å². The lowest BCUT2D eigenvalue weighted by Crippen LogP contribution is -2.54. The van der Waals surface area contributed by atoms with Crippen molar-refractivity contribution in [3.63, 3.8) is 0 Å². The van der Waals surface area contributed by atoms with Crippen molar-refractivity contribution in [3.8, 4) is 0 Å². The largest absolute Gasteiger partial charge is 0.390 e. The van der Waals surface area contributed by atoms with E-state index in [1.807, 2.05) is 6.08 Å². The first-order valence-corrected chi connectivity index (χ1v) is 9.35. The molecule has 3 saturated carbocycles. The highest BCUT2D eigenvalue weighted by atomic mass is 16.3. The summed E-state index contributed by atoms with van der Waals surface area (Å²) < 4.78 is 0. The van der Waals surface area contributed by atoms with Crippen molar-refractivity contribution >= 4 is 5.78 Å². The van der Waals surface area contributed by atoms with Crippen LogP contribution in [-0.4, -0.2) is 16.5 Å². The molecule has 0 bridgehead atoms. The number of hydrogen-bond donors (Lipinski definition) is 1. The molecule has 0 aromatic heterocycles. The quantitative estimate of drug-likeness (QED) is 0.671. The van der Waals surface area contributed by atoms with Crippen molar-refractivity contribution in [2.75, 3.05) is 0 Å². The van der Waals surface area contributed by atoms with E-state index in [1.165, 1.54) is 24.8 Å². The number of hydrogen-bond acceptors (Lipinski definition) is 2. The fourth-order valence-corrected chi connectivity index (χ4v) is 6.84. The van der Waals surface area contributed by atoms with Gasteiger partial charge in [0.2, 0.25) is 0 Å². The molecule has 0 amide bonds. The average molecular weight is 314 g/mol. The number of carbonyl (C=O) groups is 1. The van der Waals surface area contributed by atoms with Crippen LogP contribution in [0.4, 0.5) is 0 Å². The smallest absolute Gasteiger partial charge is 0.181 e. The summed E-state index contributed by atoms with van der Waals surface area (Å²) >= 11 is 0. The first-order chi connectivity index (χ1) is 10.7. The molecule has 0 spiro atoms. The molecule has 0 radical (unpaired) electrons. The molecule has 4 aliphatic rings.